The van der Waals surface area contributed by atoms with Gasteiger partial charge in [-0.25, -0.2) is 0 Å². The highest BCUT2D eigenvalue weighted by atomic mass is 16.2. The molecule has 1 aromatic rings. The van der Waals surface area contributed by atoms with E-state index in [1.165, 1.54) is 0 Å². The molecule has 4 nitrogen and oxygen atoms in total. The molecule has 0 aromatic heterocycles. The number of hydrogen-bond acceptors (Lipinski definition) is 2. The van der Waals surface area contributed by atoms with Gasteiger partial charge in [-0.15, -0.1) is 0 Å². The van der Waals surface area contributed by atoms with Gasteiger partial charge in [-0.2, -0.15) is 0 Å². The zero-order chi connectivity index (χ0) is 17.6. The van der Waals surface area contributed by atoms with Crippen molar-refractivity contribution in [2.45, 2.75) is 47.1 Å². The first-order chi connectivity index (χ1) is 10.7. The van der Waals surface area contributed by atoms with E-state index in [1.54, 1.807) is 11.9 Å². The van der Waals surface area contributed by atoms with Gasteiger partial charge in [0.25, 0.3) is 0 Å². The van der Waals surface area contributed by atoms with Crippen LogP contribution in [0.5, 0.6) is 0 Å². The first-order valence-corrected chi connectivity index (χ1v) is 8.30. The lowest BCUT2D eigenvalue weighted by Gasteiger charge is -2.29. The summed E-state index contributed by atoms with van der Waals surface area (Å²) in [7, 11) is 1.79. The monoisotopic (exact) mass is 318 g/mol. The summed E-state index contributed by atoms with van der Waals surface area (Å²) >= 11 is 0. The maximum Gasteiger partial charge on any atom is 0.249 e. The summed E-state index contributed by atoms with van der Waals surface area (Å²) in [6.45, 7) is 10.6. The second-order valence-electron chi connectivity index (χ2n) is 7.17. The van der Waals surface area contributed by atoms with E-state index in [-0.39, 0.29) is 11.8 Å². The van der Waals surface area contributed by atoms with Crippen molar-refractivity contribution in [3.63, 3.8) is 0 Å². The van der Waals surface area contributed by atoms with E-state index in [9.17, 15) is 9.59 Å². The summed E-state index contributed by atoms with van der Waals surface area (Å²) < 4.78 is 0. The minimum Gasteiger partial charge on any atom is -0.343 e. The molecular formula is C19H30N2O2. The molecule has 1 aromatic carbocycles. The summed E-state index contributed by atoms with van der Waals surface area (Å²) in [5.41, 5.74) is 0.317. The van der Waals surface area contributed by atoms with Crippen LogP contribution in [0.25, 0.3) is 0 Å². The Morgan fingerprint density at radius 1 is 1.17 bits per heavy atom. The lowest BCUT2D eigenvalue weighted by atomic mass is 9.88. The van der Waals surface area contributed by atoms with Gasteiger partial charge in [0.1, 0.15) is 6.04 Å². The van der Waals surface area contributed by atoms with Crippen LogP contribution in [-0.4, -0.2) is 30.3 Å². The molecule has 23 heavy (non-hydrogen) atoms. The summed E-state index contributed by atoms with van der Waals surface area (Å²) in [4.78, 5) is 27.1. The minimum absolute atomic E-state index is 0.0786. The minimum atomic E-state index is -0.640. The van der Waals surface area contributed by atoms with Crippen molar-refractivity contribution >= 4 is 11.8 Å². The highest BCUT2D eigenvalue weighted by Crippen LogP contribution is 2.23. The number of nitrogens with zero attached hydrogens (tertiary/aromatic N) is 1. The fourth-order valence-corrected chi connectivity index (χ4v) is 2.28. The molecule has 0 aliphatic rings. The number of carbonyl (C=O) groups is 2. The number of amides is 2. The maximum atomic E-state index is 12.8. The molecule has 0 fully saturated rings. The Hall–Kier alpha value is -1.84. The standard InChI is InChI=1S/C19H30N2O2/c1-7-19(4,5)18(23)20-16(15-11-9-8-10-12-15)17(22)21(6)13-14(2)3/h8-12,14,16H,7,13H2,1-6H3,(H,20,23)/t16-/m0/s1. The summed E-state index contributed by atoms with van der Waals surface area (Å²) in [6.07, 6.45) is 0.719. The molecule has 2 amide bonds. The number of likely N-dealkylation sites (N-methyl/N-ethyl adjacent to an activating group) is 1. The molecule has 1 rings (SSSR count). The molecule has 0 heterocycles. The van der Waals surface area contributed by atoms with E-state index in [1.807, 2.05) is 51.1 Å². The van der Waals surface area contributed by atoms with Crippen LogP contribution in [0.4, 0.5) is 0 Å². The van der Waals surface area contributed by atoms with Crippen LogP contribution in [0.1, 0.15) is 52.6 Å². The molecule has 4 heteroatoms. The molecule has 128 valence electrons. The number of rotatable bonds is 7. The number of nitrogens with one attached hydrogen (secondary N) is 1. The Labute approximate surface area is 140 Å². The third-order valence-electron chi connectivity index (χ3n) is 4.17. The SMILES string of the molecule is CCC(C)(C)C(=O)N[C@H](C(=O)N(C)CC(C)C)c1ccccc1. The highest BCUT2D eigenvalue weighted by molar-refractivity contribution is 5.90. The predicted octanol–water partition coefficient (Wildman–Crippen LogP) is 3.39. The van der Waals surface area contributed by atoms with Crippen LogP contribution in [0.2, 0.25) is 0 Å². The molecular weight excluding hydrogens is 288 g/mol. The first-order valence-electron chi connectivity index (χ1n) is 8.30. The second kappa shape index (κ2) is 8.14. The number of benzene rings is 1. The van der Waals surface area contributed by atoms with Gasteiger partial charge >= 0.3 is 0 Å². The molecule has 0 aliphatic heterocycles. The Balaban J connectivity index is 3.04. The van der Waals surface area contributed by atoms with Gasteiger partial charge < -0.3 is 10.2 Å². The molecule has 0 unspecified atom stereocenters. The van der Waals surface area contributed by atoms with E-state index in [2.05, 4.69) is 19.2 Å². The zero-order valence-corrected chi connectivity index (χ0v) is 15.2. The first kappa shape index (κ1) is 19.2. The van der Waals surface area contributed by atoms with Crippen molar-refractivity contribution in [1.29, 1.82) is 0 Å². The molecule has 0 spiro atoms. The Bertz CT molecular complexity index is 523. The smallest absolute Gasteiger partial charge is 0.249 e. The Morgan fingerprint density at radius 3 is 2.22 bits per heavy atom. The van der Waals surface area contributed by atoms with Crippen molar-refractivity contribution in [3.8, 4) is 0 Å². The number of hydrogen-bond donors (Lipinski definition) is 1. The van der Waals surface area contributed by atoms with E-state index in [0.29, 0.717) is 12.5 Å². The van der Waals surface area contributed by atoms with Crippen LogP contribution < -0.4 is 5.32 Å². The Morgan fingerprint density at radius 2 is 1.74 bits per heavy atom. The van der Waals surface area contributed by atoms with E-state index in [0.717, 1.165) is 12.0 Å². The van der Waals surface area contributed by atoms with Crippen molar-refractivity contribution in [1.82, 2.24) is 10.2 Å². The van der Waals surface area contributed by atoms with Gasteiger partial charge in [-0.3, -0.25) is 9.59 Å². The lowest BCUT2D eigenvalue weighted by Crippen LogP contribution is -2.46. The topological polar surface area (TPSA) is 49.4 Å². The third kappa shape index (κ3) is 5.38. The highest BCUT2D eigenvalue weighted by Gasteiger charge is 2.32. The average Bonchev–Trinajstić information content (AvgIpc) is 2.51. The van der Waals surface area contributed by atoms with E-state index in [4.69, 9.17) is 0 Å². The third-order valence-corrected chi connectivity index (χ3v) is 4.17. The fourth-order valence-electron chi connectivity index (χ4n) is 2.28. The predicted molar refractivity (Wildman–Crippen MR) is 93.9 cm³/mol. The van der Waals surface area contributed by atoms with Crippen LogP contribution in [0.15, 0.2) is 30.3 Å². The molecule has 0 bridgehead atoms. The lowest BCUT2D eigenvalue weighted by molar-refractivity contribution is -0.138. The summed E-state index contributed by atoms with van der Waals surface area (Å²) in [5, 5.41) is 2.95. The maximum absolute atomic E-state index is 12.8. The van der Waals surface area contributed by atoms with E-state index >= 15 is 0 Å². The molecule has 1 atom stereocenters. The van der Waals surface area contributed by atoms with Gasteiger partial charge in [0.2, 0.25) is 11.8 Å². The largest absolute Gasteiger partial charge is 0.343 e. The molecule has 0 saturated carbocycles. The van der Waals surface area contributed by atoms with Crippen molar-refractivity contribution in [3.05, 3.63) is 35.9 Å². The van der Waals surface area contributed by atoms with Crippen molar-refractivity contribution in [2.24, 2.45) is 11.3 Å². The van der Waals surface area contributed by atoms with Gasteiger partial charge in [0.15, 0.2) is 0 Å². The Kier molecular flexibility index (Phi) is 6.79. The molecule has 0 radical (unpaired) electrons. The summed E-state index contributed by atoms with van der Waals surface area (Å²) in [5.74, 6) is 0.202. The van der Waals surface area contributed by atoms with Crippen LogP contribution in [0.3, 0.4) is 0 Å². The fraction of sp³-hybridized carbons (Fsp3) is 0.579. The van der Waals surface area contributed by atoms with Crippen molar-refractivity contribution < 1.29 is 9.59 Å². The normalized spacial score (nSPS) is 12.8. The van der Waals surface area contributed by atoms with Crippen LogP contribution in [-0.2, 0) is 9.59 Å². The quantitative estimate of drug-likeness (QED) is 0.837. The van der Waals surface area contributed by atoms with Crippen molar-refractivity contribution in [2.75, 3.05) is 13.6 Å². The molecule has 0 aliphatic carbocycles. The zero-order valence-electron chi connectivity index (χ0n) is 15.2. The molecule has 0 saturated heterocycles. The van der Waals surface area contributed by atoms with Gasteiger partial charge in [0, 0.05) is 19.0 Å². The number of carbonyl (C=O) groups excluding carboxylic acids is 2. The van der Waals surface area contributed by atoms with Crippen LogP contribution >= 0.6 is 0 Å². The second-order valence-corrected chi connectivity index (χ2v) is 7.17. The van der Waals surface area contributed by atoms with Gasteiger partial charge in [0.05, 0.1) is 0 Å². The van der Waals surface area contributed by atoms with Gasteiger partial charge in [-0.05, 0) is 17.9 Å². The van der Waals surface area contributed by atoms with Crippen LogP contribution in [0, 0.1) is 11.3 Å². The average molecular weight is 318 g/mol. The van der Waals surface area contributed by atoms with E-state index < -0.39 is 11.5 Å². The van der Waals surface area contributed by atoms with Gasteiger partial charge in [-0.1, -0.05) is 65.0 Å². The molecule has 1 N–H and O–H groups in total. The summed E-state index contributed by atoms with van der Waals surface area (Å²) in [6, 6.07) is 8.79.